The van der Waals surface area contributed by atoms with Gasteiger partial charge < -0.3 is 10.6 Å². The first-order chi connectivity index (χ1) is 10.5. The summed E-state index contributed by atoms with van der Waals surface area (Å²) in [5.41, 5.74) is 8.49. The van der Waals surface area contributed by atoms with Gasteiger partial charge in [-0.15, -0.1) is 11.3 Å². The summed E-state index contributed by atoms with van der Waals surface area (Å²) < 4.78 is 0. The van der Waals surface area contributed by atoms with Crippen molar-refractivity contribution >= 4 is 23.2 Å². The number of aryl methyl sites for hydroxylation is 2. The zero-order valence-corrected chi connectivity index (χ0v) is 13.3. The Morgan fingerprint density at radius 1 is 1.27 bits per heavy atom. The van der Waals surface area contributed by atoms with Crippen LogP contribution >= 0.6 is 11.3 Å². The largest absolute Gasteiger partial charge is 0.368 e. The van der Waals surface area contributed by atoms with E-state index in [0.717, 1.165) is 21.7 Å². The smallest absolute Gasteiger partial charge is 0.283 e. The topological polar surface area (TPSA) is 76.3 Å². The van der Waals surface area contributed by atoms with Gasteiger partial charge in [0.05, 0.1) is 5.69 Å². The molecule has 2 heterocycles. The maximum atomic E-state index is 12.8. The van der Waals surface area contributed by atoms with Gasteiger partial charge in [0, 0.05) is 17.8 Å². The van der Waals surface area contributed by atoms with Crippen LogP contribution in [-0.2, 0) is 17.8 Å². The molecule has 3 rings (SSSR count). The van der Waals surface area contributed by atoms with Crippen molar-refractivity contribution in [2.45, 2.75) is 32.9 Å². The summed E-state index contributed by atoms with van der Waals surface area (Å²) >= 11 is 1.36. The third-order valence-electron chi connectivity index (χ3n) is 4.05. The first kappa shape index (κ1) is 14.7. The number of carbonyl (C=O) groups is 2. The van der Waals surface area contributed by atoms with Crippen molar-refractivity contribution in [2.75, 3.05) is 0 Å². The summed E-state index contributed by atoms with van der Waals surface area (Å²) in [5, 5.41) is 0.417. The molecule has 0 spiro atoms. The molecule has 2 amide bonds. The molecule has 1 aromatic heterocycles. The molecule has 0 aliphatic carbocycles. The van der Waals surface area contributed by atoms with E-state index < -0.39 is 11.9 Å². The number of carbonyl (C=O) groups excluding carboxylic acids is 2. The molecule has 0 saturated carbocycles. The van der Waals surface area contributed by atoms with Crippen LogP contribution in [0.2, 0.25) is 0 Å². The van der Waals surface area contributed by atoms with Crippen LogP contribution in [0.4, 0.5) is 0 Å². The molecule has 2 aromatic rings. The predicted molar refractivity (Wildman–Crippen MR) is 84.6 cm³/mol. The molecule has 0 fully saturated rings. The number of primary amides is 1. The molecule has 0 unspecified atom stereocenters. The van der Waals surface area contributed by atoms with E-state index in [2.05, 4.69) is 4.98 Å². The number of hydrogen-bond acceptors (Lipinski definition) is 4. The summed E-state index contributed by atoms with van der Waals surface area (Å²) in [5.74, 6) is -0.702. The Morgan fingerprint density at radius 3 is 2.55 bits per heavy atom. The van der Waals surface area contributed by atoms with Crippen molar-refractivity contribution in [3.8, 4) is 0 Å². The van der Waals surface area contributed by atoms with Gasteiger partial charge in [0.2, 0.25) is 5.91 Å². The van der Waals surface area contributed by atoms with Gasteiger partial charge >= 0.3 is 0 Å². The van der Waals surface area contributed by atoms with E-state index in [1.165, 1.54) is 11.3 Å². The van der Waals surface area contributed by atoms with Gasteiger partial charge in [-0.1, -0.05) is 24.3 Å². The quantitative estimate of drug-likeness (QED) is 0.918. The fourth-order valence-corrected chi connectivity index (χ4v) is 3.55. The Labute approximate surface area is 132 Å². The Balaban J connectivity index is 1.97. The molecule has 22 heavy (non-hydrogen) atoms. The highest BCUT2D eigenvalue weighted by Crippen LogP contribution is 2.26. The lowest BCUT2D eigenvalue weighted by molar-refractivity contribution is -0.122. The lowest BCUT2D eigenvalue weighted by Gasteiger charge is -2.34. The number of nitrogens with zero attached hydrogens (tertiary/aromatic N) is 2. The van der Waals surface area contributed by atoms with Gasteiger partial charge in [-0.05, 0) is 25.0 Å². The van der Waals surface area contributed by atoms with Crippen molar-refractivity contribution in [2.24, 2.45) is 5.73 Å². The van der Waals surface area contributed by atoms with E-state index in [9.17, 15) is 9.59 Å². The second kappa shape index (κ2) is 5.53. The summed E-state index contributed by atoms with van der Waals surface area (Å²) in [7, 11) is 0. The third kappa shape index (κ3) is 2.50. The van der Waals surface area contributed by atoms with Gasteiger partial charge in [-0.2, -0.15) is 0 Å². The minimum absolute atomic E-state index is 0.223. The highest BCUT2D eigenvalue weighted by molar-refractivity contribution is 7.13. The minimum atomic E-state index is -0.619. The van der Waals surface area contributed by atoms with E-state index in [-0.39, 0.29) is 5.91 Å². The van der Waals surface area contributed by atoms with Crippen LogP contribution in [0.15, 0.2) is 24.3 Å². The molecule has 1 aliphatic rings. The number of benzene rings is 1. The monoisotopic (exact) mass is 315 g/mol. The molecular formula is C16H17N3O2S. The average molecular weight is 315 g/mol. The standard InChI is InChI=1S/C16H17N3O2S/c1-9-10(2)22-15(18-9)16(21)19-8-12-6-4-3-5-11(12)7-13(19)14(17)20/h3-6,13H,7-8H2,1-2H3,(H2,17,20)/t13-/m0/s1. The Morgan fingerprint density at radius 2 is 1.95 bits per heavy atom. The lowest BCUT2D eigenvalue weighted by atomic mass is 9.93. The molecule has 114 valence electrons. The van der Waals surface area contributed by atoms with Crippen LogP contribution in [0, 0.1) is 13.8 Å². The average Bonchev–Trinajstić information content (AvgIpc) is 2.84. The molecule has 0 saturated heterocycles. The zero-order chi connectivity index (χ0) is 15.9. The first-order valence-electron chi connectivity index (χ1n) is 7.08. The van der Waals surface area contributed by atoms with Gasteiger partial charge in [0.1, 0.15) is 6.04 Å². The van der Waals surface area contributed by atoms with Crippen LogP contribution in [0.3, 0.4) is 0 Å². The highest BCUT2D eigenvalue weighted by atomic mass is 32.1. The maximum absolute atomic E-state index is 12.8. The van der Waals surface area contributed by atoms with Crippen molar-refractivity contribution < 1.29 is 9.59 Å². The molecule has 5 nitrogen and oxygen atoms in total. The third-order valence-corrected chi connectivity index (χ3v) is 5.11. The van der Waals surface area contributed by atoms with Gasteiger partial charge in [-0.25, -0.2) is 4.98 Å². The number of fused-ring (bicyclic) bond motifs is 1. The summed E-state index contributed by atoms with van der Waals surface area (Å²) in [6.07, 6.45) is 0.459. The molecule has 1 aliphatic heterocycles. The summed E-state index contributed by atoms with van der Waals surface area (Å²) in [6.45, 7) is 4.20. The fraction of sp³-hybridized carbons (Fsp3) is 0.312. The van der Waals surface area contributed by atoms with Crippen LogP contribution in [-0.4, -0.2) is 27.7 Å². The highest BCUT2D eigenvalue weighted by Gasteiger charge is 2.34. The fourth-order valence-electron chi connectivity index (χ4n) is 2.68. The van der Waals surface area contributed by atoms with Crippen LogP contribution in [0.5, 0.6) is 0 Å². The SMILES string of the molecule is Cc1nc(C(=O)N2Cc3ccccc3C[C@H]2C(N)=O)sc1C. The van der Waals surface area contributed by atoms with Crippen molar-refractivity contribution in [1.29, 1.82) is 0 Å². The normalized spacial score (nSPS) is 17.2. The Bertz CT molecular complexity index is 734. The Hall–Kier alpha value is -2.21. The molecule has 6 heteroatoms. The van der Waals surface area contributed by atoms with Crippen LogP contribution in [0.1, 0.15) is 31.5 Å². The van der Waals surface area contributed by atoms with Gasteiger partial charge in [0.15, 0.2) is 5.01 Å². The van der Waals surface area contributed by atoms with Gasteiger partial charge in [-0.3, -0.25) is 9.59 Å². The lowest BCUT2D eigenvalue weighted by Crippen LogP contribution is -2.51. The second-order valence-electron chi connectivity index (χ2n) is 5.48. The zero-order valence-electron chi connectivity index (χ0n) is 12.5. The maximum Gasteiger partial charge on any atom is 0.283 e. The van der Waals surface area contributed by atoms with Crippen molar-refractivity contribution in [1.82, 2.24) is 9.88 Å². The summed E-state index contributed by atoms with van der Waals surface area (Å²) in [4.78, 5) is 31.4. The molecule has 2 N–H and O–H groups in total. The Kier molecular flexibility index (Phi) is 3.70. The number of hydrogen-bond donors (Lipinski definition) is 1. The first-order valence-corrected chi connectivity index (χ1v) is 7.90. The van der Waals surface area contributed by atoms with E-state index in [0.29, 0.717) is 18.0 Å². The molecule has 0 bridgehead atoms. The number of thiazole rings is 1. The van der Waals surface area contributed by atoms with Gasteiger partial charge in [0.25, 0.3) is 5.91 Å². The van der Waals surface area contributed by atoms with E-state index >= 15 is 0 Å². The number of aromatic nitrogens is 1. The number of amides is 2. The number of nitrogens with two attached hydrogens (primary N) is 1. The van der Waals surface area contributed by atoms with E-state index in [1.54, 1.807) is 4.90 Å². The van der Waals surface area contributed by atoms with E-state index in [1.807, 2.05) is 38.1 Å². The predicted octanol–water partition coefficient (Wildman–Crippen LogP) is 1.81. The van der Waals surface area contributed by atoms with E-state index in [4.69, 9.17) is 5.73 Å². The van der Waals surface area contributed by atoms with Crippen molar-refractivity contribution in [3.63, 3.8) is 0 Å². The molecule has 1 aromatic carbocycles. The van der Waals surface area contributed by atoms with Crippen molar-refractivity contribution in [3.05, 3.63) is 51.0 Å². The van der Waals surface area contributed by atoms with Crippen LogP contribution < -0.4 is 5.73 Å². The summed E-state index contributed by atoms with van der Waals surface area (Å²) in [6, 6.07) is 7.20. The molecule has 0 radical (unpaired) electrons. The molecule has 1 atom stereocenters. The second-order valence-corrected chi connectivity index (χ2v) is 6.69. The number of rotatable bonds is 2. The minimum Gasteiger partial charge on any atom is -0.368 e. The molecular weight excluding hydrogens is 298 g/mol. The van der Waals surface area contributed by atoms with Crippen LogP contribution in [0.25, 0.3) is 0 Å².